The first kappa shape index (κ1) is 20.8. The standard InChI is InChI=1S/C17H16ClF3N6O2S/c1-11-22-23-15-4-5-16(24-27(11)15)25-6-8-26(9-7-25)30(28,29)14-10-12(17(19,20)21)2-3-13(14)18/h2-5,10H,6-9H2,1H3. The first-order valence-electron chi connectivity index (χ1n) is 8.88. The molecule has 2 aromatic heterocycles. The molecule has 0 bridgehead atoms. The molecule has 0 atom stereocenters. The number of nitrogens with zero attached hydrogens (tertiary/aromatic N) is 6. The molecule has 8 nitrogen and oxygen atoms in total. The topological polar surface area (TPSA) is 83.7 Å². The number of piperazine rings is 1. The lowest BCUT2D eigenvalue weighted by atomic mass is 10.2. The van der Waals surface area contributed by atoms with Crippen LogP contribution in [-0.2, 0) is 16.2 Å². The van der Waals surface area contributed by atoms with Crippen molar-refractivity contribution in [2.45, 2.75) is 18.0 Å². The molecule has 1 fully saturated rings. The van der Waals surface area contributed by atoms with Crippen LogP contribution in [-0.4, -0.2) is 58.7 Å². The average Bonchev–Trinajstić information content (AvgIpc) is 3.07. The van der Waals surface area contributed by atoms with E-state index in [2.05, 4.69) is 15.3 Å². The lowest BCUT2D eigenvalue weighted by Gasteiger charge is -2.34. The SMILES string of the molecule is Cc1nnc2ccc(N3CCN(S(=O)(=O)c4cc(C(F)(F)F)ccc4Cl)CC3)nn12. The fourth-order valence-electron chi connectivity index (χ4n) is 3.23. The average molecular weight is 461 g/mol. The number of alkyl halides is 3. The molecular formula is C17H16ClF3N6O2S. The minimum Gasteiger partial charge on any atom is -0.353 e. The largest absolute Gasteiger partial charge is 0.416 e. The molecule has 0 aliphatic carbocycles. The van der Waals surface area contributed by atoms with Gasteiger partial charge < -0.3 is 4.90 Å². The second-order valence-electron chi connectivity index (χ2n) is 6.74. The number of hydrogen-bond acceptors (Lipinski definition) is 6. The van der Waals surface area contributed by atoms with Gasteiger partial charge in [-0.1, -0.05) is 11.6 Å². The zero-order chi connectivity index (χ0) is 21.7. The first-order valence-corrected chi connectivity index (χ1v) is 10.7. The number of hydrogen-bond donors (Lipinski definition) is 0. The van der Waals surface area contributed by atoms with Crippen LogP contribution in [0.25, 0.3) is 5.65 Å². The number of rotatable bonds is 3. The highest BCUT2D eigenvalue weighted by molar-refractivity contribution is 7.89. The molecule has 0 N–H and O–H groups in total. The van der Waals surface area contributed by atoms with Crippen LogP contribution >= 0.6 is 11.6 Å². The minimum atomic E-state index is -4.67. The van der Waals surface area contributed by atoms with Gasteiger partial charge in [0.1, 0.15) is 10.7 Å². The van der Waals surface area contributed by atoms with Gasteiger partial charge in [0.05, 0.1) is 10.6 Å². The first-order chi connectivity index (χ1) is 14.1. The van der Waals surface area contributed by atoms with Crippen molar-refractivity contribution >= 4 is 33.1 Å². The molecule has 4 rings (SSSR count). The Bertz CT molecular complexity index is 1210. The van der Waals surface area contributed by atoms with Gasteiger partial charge >= 0.3 is 6.18 Å². The fourth-order valence-corrected chi connectivity index (χ4v) is 5.15. The molecule has 0 amide bonds. The van der Waals surface area contributed by atoms with Crippen molar-refractivity contribution in [3.05, 3.63) is 46.7 Å². The number of benzene rings is 1. The highest BCUT2D eigenvalue weighted by Crippen LogP contribution is 2.34. The van der Waals surface area contributed by atoms with Crippen LogP contribution in [0.5, 0.6) is 0 Å². The molecule has 0 unspecified atom stereocenters. The molecule has 3 aromatic rings. The Morgan fingerprint density at radius 3 is 2.40 bits per heavy atom. The van der Waals surface area contributed by atoms with Crippen LogP contribution in [0.4, 0.5) is 19.0 Å². The number of fused-ring (bicyclic) bond motifs is 1. The molecule has 0 saturated carbocycles. The molecule has 0 spiro atoms. The van der Waals surface area contributed by atoms with E-state index in [1.54, 1.807) is 23.6 Å². The monoisotopic (exact) mass is 460 g/mol. The van der Waals surface area contributed by atoms with Gasteiger partial charge in [0.25, 0.3) is 0 Å². The number of aromatic nitrogens is 4. The lowest BCUT2D eigenvalue weighted by molar-refractivity contribution is -0.137. The molecule has 30 heavy (non-hydrogen) atoms. The van der Waals surface area contributed by atoms with E-state index in [0.717, 1.165) is 16.4 Å². The van der Waals surface area contributed by atoms with Crippen molar-refractivity contribution in [2.24, 2.45) is 0 Å². The van der Waals surface area contributed by atoms with Gasteiger partial charge in [-0.3, -0.25) is 0 Å². The van der Waals surface area contributed by atoms with Crippen LogP contribution in [0.15, 0.2) is 35.2 Å². The van der Waals surface area contributed by atoms with E-state index in [1.165, 1.54) is 0 Å². The summed E-state index contributed by atoms with van der Waals surface area (Å²) in [6.07, 6.45) is -4.67. The summed E-state index contributed by atoms with van der Waals surface area (Å²) in [6, 6.07) is 5.81. The molecule has 1 saturated heterocycles. The van der Waals surface area contributed by atoms with Crippen LogP contribution in [0, 0.1) is 6.92 Å². The highest BCUT2D eigenvalue weighted by Gasteiger charge is 2.35. The molecule has 1 aliphatic rings. The number of aryl methyl sites for hydroxylation is 1. The summed E-state index contributed by atoms with van der Waals surface area (Å²) in [4.78, 5) is 1.34. The Balaban J connectivity index is 1.55. The third kappa shape index (κ3) is 3.70. The maximum Gasteiger partial charge on any atom is 0.416 e. The van der Waals surface area contributed by atoms with Crippen molar-refractivity contribution in [3.8, 4) is 0 Å². The molecule has 13 heteroatoms. The molecule has 0 radical (unpaired) electrons. The van der Waals surface area contributed by atoms with E-state index in [4.69, 9.17) is 11.6 Å². The Hall–Kier alpha value is -2.44. The summed E-state index contributed by atoms with van der Waals surface area (Å²) < 4.78 is 67.6. The summed E-state index contributed by atoms with van der Waals surface area (Å²) in [5.41, 5.74) is -0.470. The Morgan fingerprint density at radius 1 is 1.03 bits per heavy atom. The molecular weight excluding hydrogens is 445 g/mol. The Labute approximate surface area is 174 Å². The van der Waals surface area contributed by atoms with Gasteiger partial charge in [0.2, 0.25) is 10.0 Å². The predicted octanol–water partition coefficient (Wildman–Crippen LogP) is 2.62. The van der Waals surface area contributed by atoms with E-state index in [1.807, 2.05) is 4.90 Å². The number of anilines is 1. The van der Waals surface area contributed by atoms with Crippen LogP contribution < -0.4 is 4.90 Å². The summed E-state index contributed by atoms with van der Waals surface area (Å²) in [5.74, 6) is 1.24. The Kier molecular flexibility index (Phi) is 5.11. The van der Waals surface area contributed by atoms with Gasteiger partial charge in [-0.15, -0.1) is 15.3 Å². The normalized spacial score (nSPS) is 16.4. The van der Waals surface area contributed by atoms with Crippen molar-refractivity contribution in [2.75, 3.05) is 31.1 Å². The summed E-state index contributed by atoms with van der Waals surface area (Å²) >= 11 is 5.93. The van der Waals surface area contributed by atoms with Crippen molar-refractivity contribution in [1.82, 2.24) is 24.1 Å². The fraction of sp³-hybridized carbons (Fsp3) is 0.353. The van der Waals surface area contributed by atoms with E-state index in [-0.39, 0.29) is 18.1 Å². The summed E-state index contributed by atoms with van der Waals surface area (Å²) in [6.45, 7) is 2.55. The summed E-state index contributed by atoms with van der Waals surface area (Å²) in [7, 11) is -4.18. The third-order valence-corrected chi connectivity index (χ3v) is 7.22. The quantitative estimate of drug-likeness (QED) is 0.597. The molecule has 1 aromatic carbocycles. The van der Waals surface area contributed by atoms with Crippen molar-refractivity contribution < 1.29 is 21.6 Å². The second kappa shape index (κ2) is 7.36. The maximum atomic E-state index is 13.0. The zero-order valence-electron chi connectivity index (χ0n) is 15.6. The van der Waals surface area contributed by atoms with E-state index < -0.39 is 26.7 Å². The predicted molar refractivity (Wildman–Crippen MR) is 103 cm³/mol. The van der Waals surface area contributed by atoms with Gasteiger partial charge in [-0.25, -0.2) is 8.42 Å². The maximum absolute atomic E-state index is 13.0. The van der Waals surface area contributed by atoms with Gasteiger partial charge in [-0.2, -0.15) is 22.0 Å². The van der Waals surface area contributed by atoms with E-state index in [9.17, 15) is 21.6 Å². The smallest absolute Gasteiger partial charge is 0.353 e. The second-order valence-corrected chi connectivity index (χ2v) is 9.06. The van der Waals surface area contributed by atoms with Gasteiger partial charge in [0, 0.05) is 26.2 Å². The van der Waals surface area contributed by atoms with Crippen molar-refractivity contribution in [1.29, 1.82) is 0 Å². The molecule has 3 heterocycles. The van der Waals surface area contributed by atoms with Gasteiger partial charge in [0.15, 0.2) is 11.5 Å². The van der Waals surface area contributed by atoms with E-state index >= 15 is 0 Å². The van der Waals surface area contributed by atoms with Crippen molar-refractivity contribution in [3.63, 3.8) is 0 Å². The molecule has 1 aliphatic heterocycles. The zero-order valence-corrected chi connectivity index (χ0v) is 17.2. The minimum absolute atomic E-state index is 0.0792. The van der Waals surface area contributed by atoms with E-state index in [0.29, 0.717) is 36.4 Å². The number of sulfonamides is 1. The molecule has 160 valence electrons. The van der Waals surface area contributed by atoms with Crippen LogP contribution in [0.3, 0.4) is 0 Å². The van der Waals surface area contributed by atoms with Gasteiger partial charge in [-0.05, 0) is 37.3 Å². The lowest BCUT2D eigenvalue weighted by Crippen LogP contribution is -2.49. The van der Waals surface area contributed by atoms with Crippen LogP contribution in [0.1, 0.15) is 11.4 Å². The third-order valence-electron chi connectivity index (χ3n) is 4.84. The Morgan fingerprint density at radius 2 is 1.73 bits per heavy atom. The number of halogens is 4. The van der Waals surface area contributed by atoms with Crippen LogP contribution in [0.2, 0.25) is 5.02 Å². The summed E-state index contributed by atoms with van der Waals surface area (Å²) in [5, 5.41) is 12.1. The highest BCUT2D eigenvalue weighted by atomic mass is 35.5.